The van der Waals surface area contributed by atoms with Crippen LogP contribution in [0.4, 0.5) is 11.4 Å². The maximum atomic E-state index is 12.0. The normalized spacial score (nSPS) is 10.8. The van der Waals surface area contributed by atoms with Crippen molar-refractivity contribution in [1.29, 1.82) is 0 Å². The van der Waals surface area contributed by atoms with Gasteiger partial charge in [-0.1, -0.05) is 26.3 Å². The van der Waals surface area contributed by atoms with Crippen LogP contribution in [-0.2, 0) is 4.79 Å². The van der Waals surface area contributed by atoms with Crippen molar-refractivity contribution in [2.75, 3.05) is 30.7 Å². The molecule has 0 spiro atoms. The fourth-order valence-electron chi connectivity index (χ4n) is 2.06. The Kier molecular flexibility index (Phi) is 7.09. The summed E-state index contributed by atoms with van der Waals surface area (Å²) in [7, 11) is 0. The number of carbonyl (C=O) groups is 1. The van der Waals surface area contributed by atoms with Crippen LogP contribution < -0.4 is 11.1 Å². The zero-order chi connectivity index (χ0) is 15.0. The minimum absolute atomic E-state index is 0.0497. The van der Waals surface area contributed by atoms with Crippen molar-refractivity contribution in [1.82, 2.24) is 4.90 Å². The molecule has 0 unspecified atom stereocenters. The van der Waals surface area contributed by atoms with Crippen molar-refractivity contribution in [3.63, 3.8) is 0 Å². The number of amides is 1. The van der Waals surface area contributed by atoms with Crippen LogP contribution in [-0.4, -0.2) is 30.4 Å². The van der Waals surface area contributed by atoms with Gasteiger partial charge in [0, 0.05) is 24.3 Å². The maximum Gasteiger partial charge on any atom is 0.225 e. The van der Waals surface area contributed by atoms with Gasteiger partial charge in [0.25, 0.3) is 0 Å². The Morgan fingerprint density at radius 3 is 2.70 bits per heavy atom. The molecule has 0 saturated carbocycles. The van der Waals surface area contributed by atoms with Crippen LogP contribution in [0, 0.1) is 6.92 Å². The number of nitrogens with zero attached hydrogens (tertiary/aromatic N) is 1. The topological polar surface area (TPSA) is 58.4 Å². The number of benzene rings is 1. The number of rotatable bonds is 8. The fraction of sp³-hybridized carbons (Fsp3) is 0.562. The standard InChI is InChI=1S/C16H27N3O/c1-4-6-10-19(5-2)11-9-16(20)18-15-12-14(17)8-7-13(15)3/h7-8,12H,4-6,9-11,17H2,1-3H3,(H,18,20). The van der Waals surface area contributed by atoms with Gasteiger partial charge >= 0.3 is 0 Å². The zero-order valence-corrected chi connectivity index (χ0v) is 12.9. The van der Waals surface area contributed by atoms with E-state index in [1.54, 1.807) is 0 Å². The number of aryl methyl sites for hydroxylation is 1. The van der Waals surface area contributed by atoms with Crippen molar-refractivity contribution in [3.8, 4) is 0 Å². The summed E-state index contributed by atoms with van der Waals surface area (Å²) in [6.07, 6.45) is 2.89. The summed E-state index contributed by atoms with van der Waals surface area (Å²) in [5.74, 6) is 0.0497. The van der Waals surface area contributed by atoms with Crippen molar-refractivity contribution < 1.29 is 4.79 Å². The van der Waals surface area contributed by atoms with Gasteiger partial charge in [0.05, 0.1) is 0 Å². The average molecular weight is 277 g/mol. The molecule has 3 N–H and O–H groups in total. The van der Waals surface area contributed by atoms with E-state index < -0.39 is 0 Å². The molecule has 1 aromatic carbocycles. The lowest BCUT2D eigenvalue weighted by molar-refractivity contribution is -0.116. The molecule has 1 rings (SSSR count). The Morgan fingerprint density at radius 2 is 2.05 bits per heavy atom. The number of hydrogen-bond donors (Lipinski definition) is 2. The highest BCUT2D eigenvalue weighted by molar-refractivity contribution is 5.92. The molecule has 0 saturated heterocycles. The summed E-state index contributed by atoms with van der Waals surface area (Å²) >= 11 is 0. The van der Waals surface area contributed by atoms with Gasteiger partial charge in [0.1, 0.15) is 0 Å². The van der Waals surface area contributed by atoms with E-state index in [1.807, 2.05) is 25.1 Å². The largest absolute Gasteiger partial charge is 0.399 e. The summed E-state index contributed by atoms with van der Waals surface area (Å²) in [6, 6.07) is 5.57. The van der Waals surface area contributed by atoms with Gasteiger partial charge in [0.2, 0.25) is 5.91 Å². The molecule has 0 aliphatic carbocycles. The smallest absolute Gasteiger partial charge is 0.225 e. The van der Waals surface area contributed by atoms with Crippen LogP contribution in [0.5, 0.6) is 0 Å². The van der Waals surface area contributed by atoms with Gasteiger partial charge in [0.15, 0.2) is 0 Å². The van der Waals surface area contributed by atoms with Crippen molar-refractivity contribution in [3.05, 3.63) is 23.8 Å². The van der Waals surface area contributed by atoms with E-state index >= 15 is 0 Å². The zero-order valence-electron chi connectivity index (χ0n) is 12.9. The molecule has 0 aromatic heterocycles. The lowest BCUT2D eigenvalue weighted by Gasteiger charge is -2.19. The molecule has 112 valence electrons. The third-order valence-corrected chi connectivity index (χ3v) is 3.47. The van der Waals surface area contributed by atoms with Gasteiger partial charge in [-0.25, -0.2) is 0 Å². The van der Waals surface area contributed by atoms with Crippen LogP contribution in [0.2, 0.25) is 0 Å². The predicted molar refractivity (Wildman–Crippen MR) is 85.9 cm³/mol. The highest BCUT2D eigenvalue weighted by Gasteiger charge is 2.08. The third-order valence-electron chi connectivity index (χ3n) is 3.47. The quantitative estimate of drug-likeness (QED) is 0.718. The first-order valence-electron chi connectivity index (χ1n) is 7.45. The Morgan fingerprint density at radius 1 is 1.30 bits per heavy atom. The molecular weight excluding hydrogens is 250 g/mol. The molecule has 20 heavy (non-hydrogen) atoms. The average Bonchev–Trinajstić information content (AvgIpc) is 2.43. The molecule has 0 bridgehead atoms. The SMILES string of the molecule is CCCCN(CC)CCC(=O)Nc1cc(N)ccc1C. The van der Waals surface area contributed by atoms with Crippen LogP contribution >= 0.6 is 0 Å². The monoisotopic (exact) mass is 277 g/mol. The van der Waals surface area contributed by atoms with Crippen molar-refractivity contribution >= 4 is 17.3 Å². The van der Waals surface area contributed by atoms with Crippen LogP contribution in [0.15, 0.2) is 18.2 Å². The Bertz CT molecular complexity index is 432. The van der Waals surface area contributed by atoms with E-state index in [0.29, 0.717) is 12.1 Å². The molecule has 4 heteroatoms. The first kappa shape index (κ1) is 16.5. The molecule has 0 heterocycles. The number of anilines is 2. The minimum Gasteiger partial charge on any atom is -0.399 e. The van der Waals surface area contributed by atoms with Gasteiger partial charge < -0.3 is 16.0 Å². The molecular formula is C16H27N3O. The lowest BCUT2D eigenvalue weighted by atomic mass is 10.2. The van der Waals surface area contributed by atoms with Gasteiger partial charge in [-0.05, 0) is 44.1 Å². The molecule has 4 nitrogen and oxygen atoms in total. The van der Waals surface area contributed by atoms with E-state index in [4.69, 9.17) is 5.73 Å². The van der Waals surface area contributed by atoms with Crippen LogP contribution in [0.1, 0.15) is 38.7 Å². The molecule has 0 atom stereocenters. The van der Waals surface area contributed by atoms with Gasteiger partial charge in [-0.15, -0.1) is 0 Å². The third kappa shape index (κ3) is 5.61. The van der Waals surface area contributed by atoms with E-state index in [-0.39, 0.29) is 5.91 Å². The molecule has 1 amide bonds. The van der Waals surface area contributed by atoms with Crippen LogP contribution in [0.25, 0.3) is 0 Å². The highest BCUT2D eigenvalue weighted by Crippen LogP contribution is 2.18. The molecule has 1 aromatic rings. The van der Waals surface area contributed by atoms with Crippen molar-refractivity contribution in [2.45, 2.75) is 40.0 Å². The number of nitrogens with two attached hydrogens (primary N) is 1. The Labute approximate surface area is 122 Å². The van der Waals surface area contributed by atoms with E-state index in [2.05, 4.69) is 24.1 Å². The molecule has 0 aliphatic heterocycles. The van der Waals surface area contributed by atoms with E-state index in [1.165, 1.54) is 12.8 Å². The summed E-state index contributed by atoms with van der Waals surface area (Å²) in [5.41, 5.74) is 8.26. The second-order valence-electron chi connectivity index (χ2n) is 5.16. The minimum atomic E-state index is 0.0497. The Balaban J connectivity index is 2.45. The summed E-state index contributed by atoms with van der Waals surface area (Å²) in [5, 5.41) is 2.94. The summed E-state index contributed by atoms with van der Waals surface area (Å²) < 4.78 is 0. The summed E-state index contributed by atoms with van der Waals surface area (Å²) in [6.45, 7) is 9.15. The van der Waals surface area contributed by atoms with Gasteiger partial charge in [-0.2, -0.15) is 0 Å². The molecule has 0 radical (unpaired) electrons. The van der Waals surface area contributed by atoms with E-state index in [9.17, 15) is 4.79 Å². The number of carbonyl (C=O) groups excluding carboxylic acids is 1. The highest BCUT2D eigenvalue weighted by atomic mass is 16.1. The maximum absolute atomic E-state index is 12.0. The first-order chi connectivity index (χ1) is 9.56. The predicted octanol–water partition coefficient (Wildman–Crippen LogP) is 3.03. The summed E-state index contributed by atoms with van der Waals surface area (Å²) in [4.78, 5) is 14.3. The lowest BCUT2D eigenvalue weighted by Crippen LogP contribution is -2.28. The Hall–Kier alpha value is -1.55. The number of nitrogen functional groups attached to an aromatic ring is 1. The van der Waals surface area contributed by atoms with Crippen LogP contribution in [0.3, 0.4) is 0 Å². The second kappa shape index (κ2) is 8.59. The molecule has 0 fully saturated rings. The van der Waals surface area contributed by atoms with E-state index in [0.717, 1.165) is 30.9 Å². The number of hydrogen-bond acceptors (Lipinski definition) is 3. The van der Waals surface area contributed by atoms with Crippen molar-refractivity contribution in [2.24, 2.45) is 0 Å². The molecule has 0 aliphatic rings. The number of nitrogens with one attached hydrogen (secondary N) is 1. The first-order valence-corrected chi connectivity index (χ1v) is 7.45. The fourth-order valence-corrected chi connectivity index (χ4v) is 2.06. The van der Waals surface area contributed by atoms with Gasteiger partial charge in [-0.3, -0.25) is 4.79 Å². The second-order valence-corrected chi connectivity index (χ2v) is 5.16. The number of unbranched alkanes of at least 4 members (excludes halogenated alkanes) is 1.